The summed E-state index contributed by atoms with van der Waals surface area (Å²) in [6.07, 6.45) is -3.03. The van der Waals surface area contributed by atoms with E-state index in [2.05, 4.69) is 0 Å². The molecule has 1 amide bonds. The Morgan fingerprint density at radius 3 is 2.62 bits per heavy atom. The molecule has 1 aliphatic heterocycles. The van der Waals surface area contributed by atoms with Crippen molar-refractivity contribution >= 4 is 46.3 Å². The number of carboxylic acids is 1. The highest BCUT2D eigenvalue weighted by molar-refractivity contribution is 8.26. The maximum absolute atomic E-state index is 13.2. The normalized spacial score (nSPS) is 17.2. The van der Waals surface area contributed by atoms with E-state index < -0.39 is 29.7 Å². The molecular formula is C19H14F3NO4S2. The number of aliphatic carboxylic acids is 1. The van der Waals surface area contributed by atoms with Crippen LogP contribution in [0.4, 0.5) is 13.2 Å². The Kier molecular flexibility index (Phi) is 5.85. The van der Waals surface area contributed by atoms with Gasteiger partial charge in [-0.3, -0.25) is 9.69 Å². The molecule has 0 bridgehead atoms. The summed E-state index contributed by atoms with van der Waals surface area (Å²) in [5, 5.41) is 9.27. The topological polar surface area (TPSA) is 70.8 Å². The van der Waals surface area contributed by atoms with Crippen molar-refractivity contribution in [3.8, 4) is 11.3 Å². The van der Waals surface area contributed by atoms with E-state index in [4.69, 9.17) is 16.6 Å². The molecule has 1 fully saturated rings. The van der Waals surface area contributed by atoms with Crippen molar-refractivity contribution in [2.75, 3.05) is 0 Å². The van der Waals surface area contributed by atoms with Gasteiger partial charge in [-0.25, -0.2) is 4.79 Å². The van der Waals surface area contributed by atoms with Crippen LogP contribution in [0, 0.1) is 0 Å². The minimum atomic E-state index is -4.54. The van der Waals surface area contributed by atoms with Gasteiger partial charge in [0.1, 0.15) is 21.9 Å². The van der Waals surface area contributed by atoms with Crippen molar-refractivity contribution in [1.82, 2.24) is 4.90 Å². The Balaban J connectivity index is 1.91. The maximum Gasteiger partial charge on any atom is 0.417 e. The van der Waals surface area contributed by atoms with Gasteiger partial charge in [0.05, 0.1) is 10.5 Å². The monoisotopic (exact) mass is 441 g/mol. The van der Waals surface area contributed by atoms with Crippen molar-refractivity contribution in [1.29, 1.82) is 0 Å². The molecule has 1 atom stereocenters. The summed E-state index contributed by atoms with van der Waals surface area (Å²) in [4.78, 5) is 25.1. The van der Waals surface area contributed by atoms with Crippen LogP contribution >= 0.6 is 24.0 Å². The number of carbonyl (C=O) groups is 2. The second kappa shape index (κ2) is 8.03. The lowest BCUT2D eigenvalue weighted by molar-refractivity contribution is -0.145. The smallest absolute Gasteiger partial charge is 0.417 e. The largest absolute Gasteiger partial charge is 0.480 e. The molecule has 3 rings (SSSR count). The summed E-state index contributed by atoms with van der Waals surface area (Å²) in [6.45, 7) is 1.62. The summed E-state index contributed by atoms with van der Waals surface area (Å²) in [6, 6.07) is 6.73. The number of amides is 1. The van der Waals surface area contributed by atoms with Gasteiger partial charge in [0.2, 0.25) is 0 Å². The maximum atomic E-state index is 13.2. The first-order valence-corrected chi connectivity index (χ1v) is 9.62. The van der Waals surface area contributed by atoms with Crippen LogP contribution < -0.4 is 0 Å². The molecule has 152 valence electrons. The van der Waals surface area contributed by atoms with Crippen LogP contribution in [0.2, 0.25) is 0 Å². The van der Waals surface area contributed by atoms with Gasteiger partial charge in [0, 0.05) is 11.6 Å². The molecular weight excluding hydrogens is 427 g/mol. The van der Waals surface area contributed by atoms with Crippen molar-refractivity contribution in [2.24, 2.45) is 0 Å². The average molecular weight is 441 g/mol. The highest BCUT2D eigenvalue weighted by atomic mass is 32.2. The predicted molar refractivity (Wildman–Crippen MR) is 106 cm³/mol. The van der Waals surface area contributed by atoms with Crippen LogP contribution in [0.5, 0.6) is 0 Å². The number of rotatable bonds is 5. The fourth-order valence-electron chi connectivity index (χ4n) is 2.87. The van der Waals surface area contributed by atoms with E-state index in [1.807, 2.05) is 0 Å². The molecule has 10 heteroatoms. The second-order valence-corrected chi connectivity index (χ2v) is 7.74. The molecule has 0 unspecified atom stereocenters. The number of halogens is 3. The molecule has 1 aromatic carbocycles. The molecule has 1 aromatic heterocycles. The first-order valence-electron chi connectivity index (χ1n) is 8.39. The average Bonchev–Trinajstić information content (AvgIpc) is 3.22. The van der Waals surface area contributed by atoms with Gasteiger partial charge in [0.15, 0.2) is 0 Å². The summed E-state index contributed by atoms with van der Waals surface area (Å²) in [5.41, 5.74) is -0.955. The number of nitrogens with zero attached hydrogens (tertiary/aromatic N) is 1. The fraction of sp³-hybridized carbons (Fsp3) is 0.211. The zero-order valence-electron chi connectivity index (χ0n) is 14.9. The molecule has 5 nitrogen and oxygen atoms in total. The molecule has 29 heavy (non-hydrogen) atoms. The molecule has 0 saturated carbocycles. The van der Waals surface area contributed by atoms with Crippen LogP contribution in [0.3, 0.4) is 0 Å². The van der Waals surface area contributed by atoms with Crippen molar-refractivity contribution in [3.05, 3.63) is 52.6 Å². The van der Waals surface area contributed by atoms with E-state index in [-0.39, 0.29) is 32.7 Å². The molecule has 2 heterocycles. The van der Waals surface area contributed by atoms with Crippen molar-refractivity contribution in [3.63, 3.8) is 0 Å². The van der Waals surface area contributed by atoms with E-state index in [0.29, 0.717) is 0 Å². The second-order valence-electron chi connectivity index (χ2n) is 6.06. The molecule has 1 aliphatic rings. The SMILES string of the molecule is CC[C@H](C(=O)O)N1C(=O)/C(=C/c2ccc(-c3ccccc3C(F)(F)F)o2)SC1=S. The summed E-state index contributed by atoms with van der Waals surface area (Å²) in [5.74, 6) is -1.60. The van der Waals surface area contributed by atoms with Crippen molar-refractivity contribution in [2.45, 2.75) is 25.6 Å². The summed E-state index contributed by atoms with van der Waals surface area (Å²) in [7, 11) is 0. The van der Waals surface area contributed by atoms with E-state index >= 15 is 0 Å². The van der Waals surface area contributed by atoms with Crippen LogP contribution in [0.1, 0.15) is 24.7 Å². The number of carboxylic acid groups (broad SMARTS) is 1. The molecule has 1 saturated heterocycles. The third-order valence-electron chi connectivity index (χ3n) is 4.21. The fourth-order valence-corrected chi connectivity index (χ4v) is 4.20. The van der Waals surface area contributed by atoms with Crippen LogP contribution in [0.15, 0.2) is 45.7 Å². The van der Waals surface area contributed by atoms with E-state index in [1.54, 1.807) is 6.92 Å². The lowest BCUT2D eigenvalue weighted by Crippen LogP contribution is -2.43. The minimum Gasteiger partial charge on any atom is -0.480 e. The lowest BCUT2D eigenvalue weighted by atomic mass is 10.1. The van der Waals surface area contributed by atoms with Gasteiger partial charge >= 0.3 is 12.1 Å². The standard InChI is InChI=1S/C19H14F3NO4S2/c1-2-13(17(25)26)23-16(24)15(29-18(23)28)9-10-7-8-14(27-10)11-5-3-4-6-12(11)19(20,21)22/h3-9,13H,2H2,1H3,(H,25,26)/b15-9-/t13-/m1/s1. The van der Waals surface area contributed by atoms with Crippen LogP contribution in [-0.2, 0) is 15.8 Å². The number of thiocarbonyl (C=S) groups is 1. The van der Waals surface area contributed by atoms with Crippen LogP contribution in [-0.4, -0.2) is 32.2 Å². The number of furan rings is 1. The van der Waals surface area contributed by atoms with Gasteiger partial charge in [-0.05, 0) is 24.6 Å². The molecule has 1 N–H and O–H groups in total. The number of hydrogen-bond donors (Lipinski definition) is 1. The quantitative estimate of drug-likeness (QED) is 0.518. The zero-order valence-corrected chi connectivity index (χ0v) is 16.5. The van der Waals surface area contributed by atoms with Crippen LogP contribution in [0.25, 0.3) is 17.4 Å². The Morgan fingerprint density at radius 2 is 2.00 bits per heavy atom. The Hall–Kier alpha value is -2.59. The Bertz CT molecular complexity index is 1010. The summed E-state index contributed by atoms with van der Waals surface area (Å²) >= 11 is 6.04. The van der Waals surface area contributed by atoms with E-state index in [1.165, 1.54) is 36.4 Å². The Labute approximate surface area is 173 Å². The van der Waals surface area contributed by atoms with Gasteiger partial charge in [-0.15, -0.1) is 0 Å². The Morgan fingerprint density at radius 1 is 1.31 bits per heavy atom. The highest BCUT2D eigenvalue weighted by Gasteiger charge is 2.40. The van der Waals surface area contributed by atoms with Gasteiger partial charge in [-0.2, -0.15) is 13.2 Å². The molecule has 0 spiro atoms. The summed E-state index contributed by atoms with van der Waals surface area (Å²) < 4.78 is 45.2. The number of alkyl halides is 3. The number of carbonyl (C=O) groups excluding carboxylic acids is 1. The van der Waals surface area contributed by atoms with E-state index in [0.717, 1.165) is 22.7 Å². The minimum absolute atomic E-state index is 0.00313. The molecule has 2 aromatic rings. The molecule has 0 radical (unpaired) electrons. The molecule has 0 aliphatic carbocycles. The highest BCUT2D eigenvalue weighted by Crippen LogP contribution is 2.39. The lowest BCUT2D eigenvalue weighted by Gasteiger charge is -2.21. The number of hydrogen-bond acceptors (Lipinski definition) is 5. The van der Waals surface area contributed by atoms with Gasteiger partial charge < -0.3 is 9.52 Å². The first kappa shape index (κ1) is 21.1. The van der Waals surface area contributed by atoms with Gasteiger partial charge in [0.25, 0.3) is 5.91 Å². The first-order chi connectivity index (χ1) is 13.6. The number of thioether (sulfide) groups is 1. The van der Waals surface area contributed by atoms with Gasteiger partial charge in [-0.1, -0.05) is 49.1 Å². The third-order valence-corrected chi connectivity index (χ3v) is 5.54. The number of benzene rings is 1. The zero-order chi connectivity index (χ0) is 21.3. The van der Waals surface area contributed by atoms with Crippen molar-refractivity contribution < 1.29 is 32.3 Å². The van der Waals surface area contributed by atoms with E-state index in [9.17, 15) is 27.9 Å². The third kappa shape index (κ3) is 4.23. The predicted octanol–water partition coefficient (Wildman–Crippen LogP) is 5.03.